The quantitative estimate of drug-likeness (QED) is 0.835. The summed E-state index contributed by atoms with van der Waals surface area (Å²) < 4.78 is 0. The van der Waals surface area contributed by atoms with Crippen LogP contribution in [0, 0.1) is 6.92 Å². The van der Waals surface area contributed by atoms with Crippen molar-refractivity contribution >= 4 is 5.69 Å². The first-order chi connectivity index (χ1) is 8.75. The number of phenols is 1. The van der Waals surface area contributed by atoms with E-state index in [2.05, 4.69) is 36.5 Å². The Kier molecular flexibility index (Phi) is 2.71. The average molecular weight is 239 g/mol. The van der Waals surface area contributed by atoms with Crippen molar-refractivity contribution in [2.45, 2.75) is 25.8 Å². The highest BCUT2D eigenvalue weighted by molar-refractivity contribution is 5.54. The molecule has 0 saturated heterocycles. The number of aromatic hydroxyl groups is 1. The van der Waals surface area contributed by atoms with Crippen molar-refractivity contribution in [2.24, 2.45) is 0 Å². The second kappa shape index (κ2) is 4.37. The Labute approximate surface area is 107 Å². The molecule has 2 aromatic rings. The van der Waals surface area contributed by atoms with Crippen LogP contribution >= 0.6 is 0 Å². The molecule has 0 spiro atoms. The Balaban J connectivity index is 1.90. The zero-order valence-electron chi connectivity index (χ0n) is 10.5. The summed E-state index contributed by atoms with van der Waals surface area (Å²) in [5.74, 6) is 0.432. The molecule has 2 aromatic carbocycles. The van der Waals surface area contributed by atoms with Gasteiger partial charge in [-0.15, -0.1) is 0 Å². The van der Waals surface area contributed by atoms with E-state index < -0.39 is 0 Å². The van der Waals surface area contributed by atoms with E-state index in [0.717, 1.165) is 18.4 Å². The first-order valence-corrected chi connectivity index (χ1v) is 6.38. The Bertz CT molecular complexity index is 577. The molecule has 0 bridgehead atoms. The van der Waals surface area contributed by atoms with Gasteiger partial charge in [-0.05, 0) is 48.6 Å². The number of para-hydroxylation sites is 1. The van der Waals surface area contributed by atoms with E-state index in [1.54, 1.807) is 6.07 Å². The lowest BCUT2D eigenvalue weighted by atomic mass is 10.1. The van der Waals surface area contributed by atoms with Crippen LogP contribution in [0.15, 0.2) is 42.5 Å². The smallest absolute Gasteiger partial charge is 0.119 e. The van der Waals surface area contributed by atoms with Gasteiger partial charge in [0, 0.05) is 5.69 Å². The molecule has 0 fully saturated rings. The van der Waals surface area contributed by atoms with Crippen molar-refractivity contribution in [3.8, 4) is 5.75 Å². The zero-order chi connectivity index (χ0) is 12.5. The van der Waals surface area contributed by atoms with Gasteiger partial charge in [0.25, 0.3) is 0 Å². The number of hydrogen-bond acceptors (Lipinski definition) is 2. The van der Waals surface area contributed by atoms with Gasteiger partial charge in [-0.1, -0.05) is 30.3 Å². The van der Waals surface area contributed by atoms with E-state index >= 15 is 0 Å². The molecule has 18 heavy (non-hydrogen) atoms. The standard InChI is InChI=1S/C16H17NO/c1-11-5-2-3-7-14(11)17-15-10-9-13-12(15)6-4-8-16(13)18/h2-8,15,17-18H,9-10H2,1H3. The van der Waals surface area contributed by atoms with Gasteiger partial charge < -0.3 is 10.4 Å². The molecule has 0 saturated carbocycles. The van der Waals surface area contributed by atoms with Crippen molar-refractivity contribution in [1.29, 1.82) is 0 Å². The summed E-state index contributed by atoms with van der Waals surface area (Å²) >= 11 is 0. The Morgan fingerprint density at radius 1 is 1.11 bits per heavy atom. The lowest BCUT2D eigenvalue weighted by Crippen LogP contribution is -2.07. The highest BCUT2D eigenvalue weighted by Gasteiger charge is 2.24. The van der Waals surface area contributed by atoms with Gasteiger partial charge in [-0.2, -0.15) is 0 Å². The summed E-state index contributed by atoms with van der Waals surface area (Å²) in [7, 11) is 0. The van der Waals surface area contributed by atoms with Crippen LogP contribution in [-0.4, -0.2) is 5.11 Å². The number of rotatable bonds is 2. The monoisotopic (exact) mass is 239 g/mol. The fraction of sp³-hybridized carbons (Fsp3) is 0.250. The number of fused-ring (bicyclic) bond motifs is 1. The molecule has 0 aromatic heterocycles. The lowest BCUT2D eigenvalue weighted by Gasteiger charge is -2.17. The minimum absolute atomic E-state index is 0.313. The third kappa shape index (κ3) is 1.84. The predicted molar refractivity (Wildman–Crippen MR) is 74.0 cm³/mol. The summed E-state index contributed by atoms with van der Waals surface area (Å²) in [6.45, 7) is 2.11. The van der Waals surface area contributed by atoms with E-state index in [0.29, 0.717) is 11.8 Å². The number of hydrogen-bond donors (Lipinski definition) is 2. The van der Waals surface area contributed by atoms with Crippen LogP contribution in [0.1, 0.15) is 29.2 Å². The van der Waals surface area contributed by atoms with Gasteiger partial charge in [0.05, 0.1) is 6.04 Å². The molecule has 1 aliphatic carbocycles. The Hall–Kier alpha value is -1.96. The van der Waals surface area contributed by atoms with Crippen LogP contribution in [0.5, 0.6) is 5.75 Å². The van der Waals surface area contributed by atoms with Crippen LogP contribution in [0.3, 0.4) is 0 Å². The molecule has 1 aliphatic rings. The molecule has 1 atom stereocenters. The van der Waals surface area contributed by atoms with Gasteiger partial charge in [-0.3, -0.25) is 0 Å². The highest BCUT2D eigenvalue weighted by atomic mass is 16.3. The van der Waals surface area contributed by atoms with E-state index in [1.165, 1.54) is 16.8 Å². The fourth-order valence-electron chi connectivity index (χ4n) is 2.71. The fourth-order valence-corrected chi connectivity index (χ4v) is 2.71. The predicted octanol–water partition coefficient (Wildman–Crippen LogP) is 3.80. The molecule has 1 unspecified atom stereocenters. The molecule has 2 N–H and O–H groups in total. The third-order valence-electron chi connectivity index (χ3n) is 3.72. The number of phenolic OH excluding ortho intramolecular Hbond substituents is 1. The summed E-state index contributed by atoms with van der Waals surface area (Å²) in [4.78, 5) is 0. The van der Waals surface area contributed by atoms with E-state index in [-0.39, 0.29) is 0 Å². The van der Waals surface area contributed by atoms with E-state index in [1.807, 2.05) is 12.1 Å². The zero-order valence-corrected chi connectivity index (χ0v) is 10.5. The molecule has 0 radical (unpaired) electrons. The summed E-state index contributed by atoms with van der Waals surface area (Å²) in [6, 6.07) is 14.4. The summed E-state index contributed by atoms with van der Waals surface area (Å²) in [5.41, 5.74) is 4.77. The van der Waals surface area contributed by atoms with Gasteiger partial charge in [-0.25, -0.2) is 0 Å². The first kappa shape index (κ1) is 11.1. The van der Waals surface area contributed by atoms with Crippen LogP contribution in [0.25, 0.3) is 0 Å². The second-order valence-corrected chi connectivity index (χ2v) is 4.90. The molecule has 2 nitrogen and oxygen atoms in total. The topological polar surface area (TPSA) is 32.3 Å². The molecule has 0 aliphatic heterocycles. The molecule has 3 rings (SSSR count). The minimum Gasteiger partial charge on any atom is -0.508 e. The van der Waals surface area contributed by atoms with Crippen molar-refractivity contribution in [1.82, 2.24) is 0 Å². The highest BCUT2D eigenvalue weighted by Crippen LogP contribution is 2.38. The van der Waals surface area contributed by atoms with Crippen LogP contribution in [0.2, 0.25) is 0 Å². The largest absolute Gasteiger partial charge is 0.508 e. The van der Waals surface area contributed by atoms with Gasteiger partial charge in [0.15, 0.2) is 0 Å². The van der Waals surface area contributed by atoms with Crippen molar-refractivity contribution in [2.75, 3.05) is 5.32 Å². The van der Waals surface area contributed by atoms with Gasteiger partial charge in [0.2, 0.25) is 0 Å². The minimum atomic E-state index is 0.313. The van der Waals surface area contributed by atoms with E-state index in [9.17, 15) is 5.11 Å². The number of anilines is 1. The average Bonchev–Trinajstić information content (AvgIpc) is 2.77. The molecule has 0 heterocycles. The number of aryl methyl sites for hydroxylation is 1. The maximum absolute atomic E-state index is 9.84. The normalized spacial score (nSPS) is 17.5. The Morgan fingerprint density at radius 3 is 2.78 bits per heavy atom. The van der Waals surface area contributed by atoms with Crippen molar-refractivity contribution in [3.63, 3.8) is 0 Å². The number of benzene rings is 2. The lowest BCUT2D eigenvalue weighted by molar-refractivity contribution is 0.469. The summed E-state index contributed by atoms with van der Waals surface area (Å²) in [6.07, 6.45) is 1.99. The van der Waals surface area contributed by atoms with Crippen molar-refractivity contribution < 1.29 is 5.11 Å². The maximum atomic E-state index is 9.84. The SMILES string of the molecule is Cc1ccccc1NC1CCc2c(O)cccc21. The second-order valence-electron chi connectivity index (χ2n) is 4.90. The summed E-state index contributed by atoms with van der Waals surface area (Å²) in [5, 5.41) is 13.4. The van der Waals surface area contributed by atoms with Crippen molar-refractivity contribution in [3.05, 3.63) is 59.2 Å². The van der Waals surface area contributed by atoms with E-state index in [4.69, 9.17) is 0 Å². The molecular weight excluding hydrogens is 222 g/mol. The molecule has 2 heteroatoms. The van der Waals surface area contributed by atoms with Gasteiger partial charge >= 0.3 is 0 Å². The van der Waals surface area contributed by atoms with Gasteiger partial charge in [0.1, 0.15) is 5.75 Å². The van der Waals surface area contributed by atoms with Crippen LogP contribution < -0.4 is 5.32 Å². The first-order valence-electron chi connectivity index (χ1n) is 6.38. The Morgan fingerprint density at radius 2 is 1.94 bits per heavy atom. The van der Waals surface area contributed by atoms with Crippen LogP contribution in [-0.2, 0) is 6.42 Å². The molecule has 0 amide bonds. The molecule has 92 valence electrons. The third-order valence-corrected chi connectivity index (χ3v) is 3.72. The molecular formula is C16H17NO. The van der Waals surface area contributed by atoms with Crippen LogP contribution in [0.4, 0.5) is 5.69 Å². The maximum Gasteiger partial charge on any atom is 0.119 e. The number of nitrogens with one attached hydrogen (secondary N) is 1.